The van der Waals surface area contributed by atoms with Crippen LogP contribution < -0.4 is 5.32 Å². The fourth-order valence-corrected chi connectivity index (χ4v) is 3.34. The first-order valence-corrected chi connectivity index (χ1v) is 8.21. The Labute approximate surface area is 121 Å². The van der Waals surface area contributed by atoms with Crippen LogP contribution in [-0.2, 0) is 11.2 Å². The maximum absolute atomic E-state index is 5.55. The highest BCUT2D eigenvalue weighted by Crippen LogP contribution is 2.18. The van der Waals surface area contributed by atoms with Gasteiger partial charge in [-0.1, -0.05) is 6.92 Å². The van der Waals surface area contributed by atoms with Gasteiger partial charge in [-0.25, -0.2) is 0 Å². The van der Waals surface area contributed by atoms with Crippen molar-refractivity contribution in [3.05, 3.63) is 22.4 Å². The van der Waals surface area contributed by atoms with Gasteiger partial charge in [0, 0.05) is 26.7 Å². The maximum Gasteiger partial charge on any atom is 0.0724 e. The summed E-state index contributed by atoms with van der Waals surface area (Å²) in [4.78, 5) is 2.52. The molecule has 19 heavy (non-hydrogen) atoms. The van der Waals surface area contributed by atoms with Crippen LogP contribution in [0.1, 0.15) is 18.9 Å². The summed E-state index contributed by atoms with van der Waals surface area (Å²) in [6.07, 6.45) is 2.81. The van der Waals surface area contributed by atoms with Gasteiger partial charge in [0.25, 0.3) is 0 Å². The standard InChI is InChI=1S/C15H26N2OS/c1-13-4-8-17(11-15(13)18-2)9-7-16-6-3-14-5-10-19-12-14/h5,10,12-13,15-16H,3-4,6-9,11H2,1-2H3. The molecule has 1 aromatic rings. The summed E-state index contributed by atoms with van der Waals surface area (Å²) >= 11 is 1.78. The summed E-state index contributed by atoms with van der Waals surface area (Å²) in [5, 5.41) is 7.92. The van der Waals surface area contributed by atoms with Crippen molar-refractivity contribution >= 4 is 11.3 Å². The predicted octanol–water partition coefficient (Wildman–Crippen LogP) is 2.24. The first-order chi connectivity index (χ1) is 9.29. The molecule has 1 fully saturated rings. The fourth-order valence-electron chi connectivity index (χ4n) is 2.64. The Kier molecular flexibility index (Phi) is 6.31. The van der Waals surface area contributed by atoms with Gasteiger partial charge in [-0.15, -0.1) is 0 Å². The van der Waals surface area contributed by atoms with Crippen molar-refractivity contribution in [1.82, 2.24) is 10.2 Å². The molecule has 1 saturated heterocycles. The smallest absolute Gasteiger partial charge is 0.0724 e. The minimum atomic E-state index is 0.416. The molecule has 108 valence electrons. The lowest BCUT2D eigenvalue weighted by atomic mass is 9.96. The molecule has 0 amide bonds. The van der Waals surface area contributed by atoms with Crippen molar-refractivity contribution in [1.29, 1.82) is 0 Å². The zero-order valence-corrected chi connectivity index (χ0v) is 12.9. The van der Waals surface area contributed by atoms with E-state index in [9.17, 15) is 0 Å². The number of rotatable bonds is 7. The summed E-state index contributed by atoms with van der Waals surface area (Å²) in [7, 11) is 1.84. The number of methoxy groups -OCH3 is 1. The van der Waals surface area contributed by atoms with Gasteiger partial charge >= 0.3 is 0 Å². The summed E-state index contributed by atoms with van der Waals surface area (Å²) in [6.45, 7) is 7.89. The van der Waals surface area contributed by atoms with Gasteiger partial charge in [0.05, 0.1) is 6.10 Å². The van der Waals surface area contributed by atoms with Crippen molar-refractivity contribution in [2.24, 2.45) is 5.92 Å². The Morgan fingerprint density at radius 3 is 3.11 bits per heavy atom. The van der Waals surface area contributed by atoms with Crippen LogP contribution in [0.3, 0.4) is 0 Å². The molecule has 3 nitrogen and oxygen atoms in total. The molecule has 0 aromatic carbocycles. The van der Waals surface area contributed by atoms with Crippen LogP contribution in [0.2, 0.25) is 0 Å². The zero-order chi connectivity index (χ0) is 13.5. The van der Waals surface area contributed by atoms with Crippen molar-refractivity contribution < 1.29 is 4.74 Å². The Morgan fingerprint density at radius 2 is 2.37 bits per heavy atom. The van der Waals surface area contributed by atoms with E-state index in [0.29, 0.717) is 12.0 Å². The van der Waals surface area contributed by atoms with Crippen LogP contribution in [0, 0.1) is 5.92 Å². The molecule has 0 saturated carbocycles. The molecular weight excluding hydrogens is 256 g/mol. The van der Waals surface area contributed by atoms with Gasteiger partial charge in [-0.05, 0) is 54.2 Å². The lowest BCUT2D eigenvalue weighted by Gasteiger charge is -2.36. The lowest BCUT2D eigenvalue weighted by molar-refractivity contribution is -0.00439. The number of likely N-dealkylation sites (tertiary alicyclic amines) is 1. The van der Waals surface area contributed by atoms with Crippen LogP contribution in [0.5, 0.6) is 0 Å². The number of thiophene rings is 1. The normalized spacial score (nSPS) is 24.7. The topological polar surface area (TPSA) is 24.5 Å². The number of nitrogens with one attached hydrogen (secondary N) is 1. The third-order valence-corrected chi connectivity index (χ3v) is 4.78. The van der Waals surface area contributed by atoms with Gasteiger partial charge in [-0.3, -0.25) is 4.90 Å². The van der Waals surface area contributed by atoms with E-state index < -0.39 is 0 Å². The highest BCUT2D eigenvalue weighted by molar-refractivity contribution is 7.07. The molecule has 1 aromatic heterocycles. The van der Waals surface area contributed by atoms with E-state index in [0.717, 1.165) is 32.6 Å². The Morgan fingerprint density at radius 1 is 1.47 bits per heavy atom. The second kappa shape index (κ2) is 8.00. The molecule has 0 bridgehead atoms. The Hall–Kier alpha value is -0.420. The van der Waals surface area contributed by atoms with E-state index in [2.05, 4.69) is 34.0 Å². The SMILES string of the molecule is COC1CN(CCNCCc2ccsc2)CCC1C. The van der Waals surface area contributed by atoms with E-state index in [-0.39, 0.29) is 0 Å². The second-order valence-corrected chi connectivity index (χ2v) is 6.25. The third-order valence-electron chi connectivity index (χ3n) is 4.05. The molecule has 1 aliphatic heterocycles. The van der Waals surface area contributed by atoms with Crippen LogP contribution in [0.25, 0.3) is 0 Å². The largest absolute Gasteiger partial charge is 0.380 e. The molecule has 2 rings (SSSR count). The van der Waals surface area contributed by atoms with E-state index in [4.69, 9.17) is 4.74 Å². The molecule has 1 N–H and O–H groups in total. The maximum atomic E-state index is 5.55. The summed E-state index contributed by atoms with van der Waals surface area (Å²) in [6, 6.07) is 2.21. The Balaban J connectivity index is 1.56. The minimum Gasteiger partial charge on any atom is -0.380 e. The van der Waals surface area contributed by atoms with Crippen LogP contribution in [0.4, 0.5) is 0 Å². The average molecular weight is 282 g/mol. The van der Waals surface area contributed by atoms with Gasteiger partial charge < -0.3 is 10.1 Å². The fraction of sp³-hybridized carbons (Fsp3) is 0.733. The highest BCUT2D eigenvalue weighted by atomic mass is 32.1. The van der Waals surface area contributed by atoms with Crippen molar-refractivity contribution in [2.75, 3.05) is 39.8 Å². The van der Waals surface area contributed by atoms with E-state index in [1.165, 1.54) is 18.5 Å². The van der Waals surface area contributed by atoms with Crippen LogP contribution >= 0.6 is 11.3 Å². The second-order valence-electron chi connectivity index (χ2n) is 5.47. The summed E-state index contributed by atoms with van der Waals surface area (Å²) in [5.41, 5.74) is 1.45. The number of ether oxygens (including phenoxy) is 1. The molecule has 2 unspecified atom stereocenters. The first-order valence-electron chi connectivity index (χ1n) is 7.26. The first kappa shape index (κ1) is 15.0. The molecule has 2 heterocycles. The molecule has 1 aliphatic rings. The number of hydrogen-bond acceptors (Lipinski definition) is 4. The molecule has 4 heteroatoms. The van der Waals surface area contributed by atoms with Crippen LogP contribution in [-0.4, -0.2) is 50.8 Å². The van der Waals surface area contributed by atoms with Crippen molar-refractivity contribution in [3.8, 4) is 0 Å². The van der Waals surface area contributed by atoms with Gasteiger partial charge in [0.15, 0.2) is 0 Å². The summed E-state index contributed by atoms with van der Waals surface area (Å²) < 4.78 is 5.55. The monoisotopic (exact) mass is 282 g/mol. The number of piperidine rings is 1. The molecule has 0 radical (unpaired) electrons. The lowest BCUT2D eigenvalue weighted by Crippen LogP contribution is -2.46. The third kappa shape index (κ3) is 4.88. The molecular formula is C15H26N2OS. The van der Waals surface area contributed by atoms with E-state index in [1.807, 2.05) is 7.11 Å². The Bertz CT molecular complexity index is 342. The minimum absolute atomic E-state index is 0.416. The molecule has 0 aliphatic carbocycles. The zero-order valence-electron chi connectivity index (χ0n) is 12.1. The highest BCUT2D eigenvalue weighted by Gasteiger charge is 2.25. The number of nitrogens with zero attached hydrogens (tertiary/aromatic N) is 1. The molecule has 2 atom stereocenters. The van der Waals surface area contributed by atoms with Crippen LogP contribution in [0.15, 0.2) is 16.8 Å². The quantitative estimate of drug-likeness (QED) is 0.776. The number of hydrogen-bond donors (Lipinski definition) is 1. The van der Waals surface area contributed by atoms with Crippen molar-refractivity contribution in [3.63, 3.8) is 0 Å². The average Bonchev–Trinajstić information content (AvgIpc) is 2.93. The van der Waals surface area contributed by atoms with Gasteiger partial charge in [0.1, 0.15) is 0 Å². The van der Waals surface area contributed by atoms with Crippen molar-refractivity contribution in [2.45, 2.75) is 25.9 Å². The van der Waals surface area contributed by atoms with E-state index >= 15 is 0 Å². The van der Waals surface area contributed by atoms with Gasteiger partial charge in [0.2, 0.25) is 0 Å². The predicted molar refractivity (Wildman–Crippen MR) is 81.9 cm³/mol. The van der Waals surface area contributed by atoms with E-state index in [1.54, 1.807) is 11.3 Å². The summed E-state index contributed by atoms with van der Waals surface area (Å²) in [5.74, 6) is 0.702. The van der Waals surface area contributed by atoms with Gasteiger partial charge in [-0.2, -0.15) is 11.3 Å². The molecule has 0 spiro atoms.